The molecule has 0 radical (unpaired) electrons. The number of aliphatic hydroxyl groups excluding tert-OH is 1. The molecule has 1 unspecified atom stereocenters. The van der Waals surface area contributed by atoms with Crippen LogP contribution in [0.5, 0.6) is 0 Å². The van der Waals surface area contributed by atoms with E-state index in [9.17, 15) is 9.90 Å². The van der Waals surface area contributed by atoms with Gasteiger partial charge in [0.1, 0.15) is 0 Å². The Bertz CT molecular complexity index is 269. The molecule has 4 nitrogen and oxygen atoms in total. The van der Waals surface area contributed by atoms with E-state index < -0.39 is 0 Å². The number of aliphatic hydroxyl groups is 1. The third-order valence-corrected chi connectivity index (χ3v) is 4.40. The van der Waals surface area contributed by atoms with E-state index in [1.165, 1.54) is 19.3 Å². The number of carbonyl (C=O) groups excluding carboxylic acids is 1. The van der Waals surface area contributed by atoms with Crippen molar-refractivity contribution < 1.29 is 9.90 Å². The zero-order chi connectivity index (χ0) is 12.8. The molecular formula is C14H26N2O2. The number of hydrogen-bond donors (Lipinski definition) is 3. The molecule has 2 fully saturated rings. The van der Waals surface area contributed by atoms with Gasteiger partial charge in [-0.3, -0.25) is 4.79 Å². The third kappa shape index (κ3) is 3.69. The highest BCUT2D eigenvalue weighted by Gasteiger charge is 2.34. The van der Waals surface area contributed by atoms with Gasteiger partial charge in [-0.2, -0.15) is 0 Å². The van der Waals surface area contributed by atoms with Crippen molar-refractivity contribution in [2.45, 2.75) is 69.4 Å². The number of nitrogens with one attached hydrogen (secondary N) is 2. The van der Waals surface area contributed by atoms with Crippen molar-refractivity contribution in [3.05, 3.63) is 0 Å². The van der Waals surface area contributed by atoms with Crippen molar-refractivity contribution in [1.82, 2.24) is 10.6 Å². The van der Waals surface area contributed by atoms with Crippen molar-refractivity contribution >= 4 is 5.91 Å². The first-order valence-corrected chi connectivity index (χ1v) is 7.39. The van der Waals surface area contributed by atoms with Crippen LogP contribution in [0, 0.1) is 0 Å². The normalized spacial score (nSPS) is 27.1. The number of amides is 1. The van der Waals surface area contributed by atoms with Crippen LogP contribution in [0.2, 0.25) is 0 Å². The molecule has 0 aromatic rings. The van der Waals surface area contributed by atoms with E-state index in [-0.39, 0.29) is 18.1 Å². The molecule has 1 saturated carbocycles. The minimum Gasteiger partial charge on any atom is -0.394 e. The summed E-state index contributed by atoms with van der Waals surface area (Å²) in [4.78, 5) is 12.0. The highest BCUT2D eigenvalue weighted by atomic mass is 16.3. The second-order valence-electron chi connectivity index (χ2n) is 5.88. The van der Waals surface area contributed by atoms with Gasteiger partial charge in [0.2, 0.25) is 5.91 Å². The number of rotatable bonds is 5. The molecule has 0 aromatic carbocycles. The summed E-state index contributed by atoms with van der Waals surface area (Å²) in [5.41, 5.74) is -0.308. The molecule has 1 atom stereocenters. The van der Waals surface area contributed by atoms with E-state index >= 15 is 0 Å². The maximum absolute atomic E-state index is 12.0. The molecule has 1 aliphatic heterocycles. The fourth-order valence-corrected chi connectivity index (χ4v) is 3.21. The molecule has 18 heavy (non-hydrogen) atoms. The molecule has 0 spiro atoms. The van der Waals surface area contributed by atoms with Gasteiger partial charge in [0.05, 0.1) is 12.1 Å². The SMILES string of the molecule is O=C(CCC1CCCCN1)NC1(CO)CCCC1. The van der Waals surface area contributed by atoms with Crippen LogP contribution in [0.1, 0.15) is 57.8 Å². The highest BCUT2D eigenvalue weighted by molar-refractivity contribution is 5.76. The van der Waals surface area contributed by atoms with Gasteiger partial charge in [-0.15, -0.1) is 0 Å². The Hall–Kier alpha value is -0.610. The first-order valence-electron chi connectivity index (χ1n) is 7.39. The second kappa shape index (κ2) is 6.53. The van der Waals surface area contributed by atoms with Crippen molar-refractivity contribution in [2.75, 3.05) is 13.2 Å². The molecule has 3 N–H and O–H groups in total. The van der Waals surface area contributed by atoms with Crippen LogP contribution in [-0.2, 0) is 4.79 Å². The second-order valence-corrected chi connectivity index (χ2v) is 5.88. The summed E-state index contributed by atoms with van der Waals surface area (Å²) in [5.74, 6) is 0.110. The Labute approximate surface area is 110 Å². The summed E-state index contributed by atoms with van der Waals surface area (Å²) in [6.07, 6.45) is 9.32. The molecule has 2 aliphatic rings. The lowest BCUT2D eigenvalue weighted by atomic mass is 9.97. The maximum Gasteiger partial charge on any atom is 0.220 e. The fourth-order valence-electron chi connectivity index (χ4n) is 3.21. The minimum atomic E-state index is -0.308. The number of piperidine rings is 1. The molecule has 1 amide bonds. The topological polar surface area (TPSA) is 61.4 Å². The lowest BCUT2D eigenvalue weighted by Gasteiger charge is -2.29. The average molecular weight is 254 g/mol. The van der Waals surface area contributed by atoms with Crippen LogP contribution in [0.25, 0.3) is 0 Å². The molecule has 0 bridgehead atoms. The predicted octanol–water partition coefficient (Wildman–Crippen LogP) is 1.33. The molecule has 1 saturated heterocycles. The smallest absolute Gasteiger partial charge is 0.220 e. The zero-order valence-corrected chi connectivity index (χ0v) is 11.2. The highest BCUT2D eigenvalue weighted by Crippen LogP contribution is 2.29. The molecule has 1 heterocycles. The van der Waals surface area contributed by atoms with E-state index in [0.29, 0.717) is 12.5 Å². The zero-order valence-electron chi connectivity index (χ0n) is 11.2. The van der Waals surface area contributed by atoms with E-state index in [1.54, 1.807) is 0 Å². The largest absolute Gasteiger partial charge is 0.394 e. The average Bonchev–Trinajstić information content (AvgIpc) is 2.87. The van der Waals surface area contributed by atoms with E-state index in [2.05, 4.69) is 10.6 Å². The van der Waals surface area contributed by atoms with Gasteiger partial charge in [-0.1, -0.05) is 19.3 Å². The lowest BCUT2D eigenvalue weighted by Crippen LogP contribution is -2.49. The summed E-state index contributed by atoms with van der Waals surface area (Å²) in [6, 6.07) is 0.512. The van der Waals surface area contributed by atoms with Crippen molar-refractivity contribution in [2.24, 2.45) is 0 Å². The minimum absolute atomic E-state index is 0.0837. The van der Waals surface area contributed by atoms with Crippen LogP contribution < -0.4 is 10.6 Å². The molecule has 4 heteroatoms. The van der Waals surface area contributed by atoms with Crippen molar-refractivity contribution in [3.8, 4) is 0 Å². The Morgan fingerprint density at radius 3 is 2.67 bits per heavy atom. The van der Waals surface area contributed by atoms with E-state index in [0.717, 1.165) is 38.6 Å². The fraction of sp³-hybridized carbons (Fsp3) is 0.929. The van der Waals surface area contributed by atoms with E-state index in [4.69, 9.17) is 0 Å². The van der Waals surface area contributed by atoms with Gasteiger partial charge >= 0.3 is 0 Å². The monoisotopic (exact) mass is 254 g/mol. The third-order valence-electron chi connectivity index (χ3n) is 4.40. The van der Waals surface area contributed by atoms with Gasteiger partial charge in [0.15, 0.2) is 0 Å². The standard InChI is InChI=1S/C14H26N2O2/c17-11-14(8-2-3-9-14)16-13(18)7-6-12-5-1-4-10-15-12/h12,15,17H,1-11H2,(H,16,18). The Morgan fingerprint density at radius 2 is 2.06 bits per heavy atom. The quantitative estimate of drug-likeness (QED) is 0.693. The van der Waals surface area contributed by atoms with Gasteiger partial charge in [-0.05, 0) is 38.6 Å². The molecule has 0 aromatic heterocycles. The summed E-state index contributed by atoms with van der Waals surface area (Å²) in [5, 5.41) is 16.0. The Morgan fingerprint density at radius 1 is 1.28 bits per heavy atom. The Kier molecular flexibility index (Phi) is 5.01. The van der Waals surface area contributed by atoms with E-state index in [1.807, 2.05) is 0 Å². The first kappa shape index (κ1) is 13.8. The predicted molar refractivity (Wildman–Crippen MR) is 71.3 cm³/mol. The van der Waals surface area contributed by atoms with Crippen LogP contribution in [0.4, 0.5) is 0 Å². The molecule has 104 valence electrons. The summed E-state index contributed by atoms with van der Waals surface area (Å²) in [6.45, 7) is 1.17. The summed E-state index contributed by atoms with van der Waals surface area (Å²) in [7, 11) is 0. The molecule has 2 rings (SSSR count). The number of carbonyl (C=O) groups is 1. The van der Waals surface area contributed by atoms with Gasteiger partial charge in [0.25, 0.3) is 0 Å². The lowest BCUT2D eigenvalue weighted by molar-refractivity contribution is -0.123. The van der Waals surface area contributed by atoms with Crippen molar-refractivity contribution in [1.29, 1.82) is 0 Å². The van der Waals surface area contributed by atoms with Gasteiger partial charge in [-0.25, -0.2) is 0 Å². The van der Waals surface area contributed by atoms with Gasteiger partial charge in [0, 0.05) is 12.5 Å². The van der Waals surface area contributed by atoms with Crippen LogP contribution in [0.15, 0.2) is 0 Å². The summed E-state index contributed by atoms with van der Waals surface area (Å²) >= 11 is 0. The summed E-state index contributed by atoms with van der Waals surface area (Å²) < 4.78 is 0. The molecule has 1 aliphatic carbocycles. The van der Waals surface area contributed by atoms with Crippen molar-refractivity contribution in [3.63, 3.8) is 0 Å². The Balaban J connectivity index is 1.70. The maximum atomic E-state index is 12.0. The first-order chi connectivity index (χ1) is 8.74. The van der Waals surface area contributed by atoms with Crippen LogP contribution in [0.3, 0.4) is 0 Å². The van der Waals surface area contributed by atoms with Crippen LogP contribution in [-0.4, -0.2) is 35.7 Å². The molecular weight excluding hydrogens is 228 g/mol. The van der Waals surface area contributed by atoms with Gasteiger partial charge < -0.3 is 15.7 Å². The number of hydrogen-bond acceptors (Lipinski definition) is 3. The van der Waals surface area contributed by atoms with Crippen LogP contribution >= 0.6 is 0 Å².